The van der Waals surface area contributed by atoms with Gasteiger partial charge in [0.1, 0.15) is 0 Å². The van der Waals surface area contributed by atoms with Gasteiger partial charge in [-0.2, -0.15) is 0 Å². The van der Waals surface area contributed by atoms with Gasteiger partial charge in [0.15, 0.2) is 0 Å². The summed E-state index contributed by atoms with van der Waals surface area (Å²) < 4.78 is 5.44. The predicted octanol–water partition coefficient (Wildman–Crippen LogP) is 1.63. The zero-order chi connectivity index (χ0) is 11.4. The molecule has 3 nitrogen and oxygen atoms in total. The Morgan fingerprint density at radius 2 is 2.19 bits per heavy atom. The van der Waals surface area contributed by atoms with E-state index in [0.717, 1.165) is 19.3 Å². The van der Waals surface area contributed by atoms with Crippen molar-refractivity contribution in [2.45, 2.75) is 57.2 Å². The number of hydrogen-bond acceptors (Lipinski definition) is 3. The molecular weight excluding hydrogens is 200 g/mol. The number of nitrogens with one attached hydrogen (secondary N) is 1. The fourth-order valence-electron chi connectivity index (χ4n) is 2.40. The van der Waals surface area contributed by atoms with Gasteiger partial charge in [-0.3, -0.25) is 4.90 Å². The summed E-state index contributed by atoms with van der Waals surface area (Å²) in [6, 6.07) is 2.20. The zero-order valence-electron chi connectivity index (χ0n) is 10.7. The molecule has 2 atom stereocenters. The Morgan fingerprint density at radius 1 is 1.38 bits per heavy atom. The summed E-state index contributed by atoms with van der Waals surface area (Å²) in [6.45, 7) is 5.42. The van der Waals surface area contributed by atoms with Gasteiger partial charge in [0.05, 0.1) is 6.61 Å². The SMILES string of the molecule is CC(CCCNC1CC1)N(C)C1CCOC1. The highest BCUT2D eigenvalue weighted by atomic mass is 16.5. The van der Waals surface area contributed by atoms with Crippen molar-refractivity contribution in [3.05, 3.63) is 0 Å². The van der Waals surface area contributed by atoms with E-state index in [1.54, 1.807) is 0 Å². The van der Waals surface area contributed by atoms with Crippen molar-refractivity contribution in [3.8, 4) is 0 Å². The van der Waals surface area contributed by atoms with Crippen LogP contribution in [0.25, 0.3) is 0 Å². The molecule has 94 valence electrons. The lowest BCUT2D eigenvalue weighted by Gasteiger charge is -2.29. The van der Waals surface area contributed by atoms with Crippen molar-refractivity contribution in [1.29, 1.82) is 0 Å². The van der Waals surface area contributed by atoms with E-state index in [1.807, 2.05) is 0 Å². The average Bonchev–Trinajstić information content (AvgIpc) is 2.95. The molecule has 2 rings (SSSR count). The second-order valence-corrected chi connectivity index (χ2v) is 5.40. The summed E-state index contributed by atoms with van der Waals surface area (Å²) in [5.74, 6) is 0. The van der Waals surface area contributed by atoms with E-state index in [9.17, 15) is 0 Å². The Balaban J connectivity index is 1.55. The minimum absolute atomic E-state index is 0.659. The Hall–Kier alpha value is -0.120. The van der Waals surface area contributed by atoms with Crippen LogP contribution in [0.2, 0.25) is 0 Å². The highest BCUT2D eigenvalue weighted by molar-refractivity contribution is 4.81. The van der Waals surface area contributed by atoms with Crippen LogP contribution in [0.5, 0.6) is 0 Å². The van der Waals surface area contributed by atoms with Gasteiger partial charge in [-0.15, -0.1) is 0 Å². The number of likely N-dealkylation sites (N-methyl/N-ethyl adjacent to an activating group) is 1. The van der Waals surface area contributed by atoms with Crippen LogP contribution in [0.15, 0.2) is 0 Å². The lowest BCUT2D eigenvalue weighted by molar-refractivity contribution is 0.133. The molecule has 1 heterocycles. The lowest BCUT2D eigenvalue weighted by Crippen LogP contribution is -2.39. The van der Waals surface area contributed by atoms with Gasteiger partial charge in [0, 0.05) is 24.7 Å². The molecule has 0 aromatic rings. The van der Waals surface area contributed by atoms with Crippen molar-refractivity contribution in [1.82, 2.24) is 10.2 Å². The van der Waals surface area contributed by atoms with Crippen molar-refractivity contribution in [2.75, 3.05) is 26.8 Å². The molecule has 0 spiro atoms. The van der Waals surface area contributed by atoms with Crippen LogP contribution in [0.1, 0.15) is 39.0 Å². The molecule has 0 aromatic heterocycles. The second kappa shape index (κ2) is 5.99. The normalized spacial score (nSPS) is 27.6. The maximum atomic E-state index is 5.44. The first-order valence-electron chi connectivity index (χ1n) is 6.80. The number of hydrogen-bond donors (Lipinski definition) is 1. The third-order valence-electron chi connectivity index (χ3n) is 3.99. The summed E-state index contributed by atoms with van der Waals surface area (Å²) in [5, 5.41) is 3.58. The molecular formula is C13H26N2O. The topological polar surface area (TPSA) is 24.5 Å². The molecule has 3 heteroatoms. The van der Waals surface area contributed by atoms with Gasteiger partial charge in [0.25, 0.3) is 0 Å². The summed E-state index contributed by atoms with van der Waals surface area (Å²) in [7, 11) is 2.25. The monoisotopic (exact) mass is 226 g/mol. The van der Waals surface area contributed by atoms with Gasteiger partial charge in [0.2, 0.25) is 0 Å². The van der Waals surface area contributed by atoms with Crippen LogP contribution < -0.4 is 5.32 Å². The van der Waals surface area contributed by atoms with Gasteiger partial charge in [-0.05, 0) is 52.6 Å². The Morgan fingerprint density at radius 3 is 2.81 bits per heavy atom. The van der Waals surface area contributed by atoms with E-state index in [2.05, 4.69) is 24.2 Å². The first-order chi connectivity index (χ1) is 7.77. The van der Waals surface area contributed by atoms with Crippen molar-refractivity contribution in [2.24, 2.45) is 0 Å². The third kappa shape index (κ3) is 3.72. The molecule has 1 aliphatic heterocycles. The van der Waals surface area contributed by atoms with E-state index in [-0.39, 0.29) is 0 Å². The zero-order valence-corrected chi connectivity index (χ0v) is 10.7. The molecule has 2 aliphatic rings. The van der Waals surface area contributed by atoms with Crippen LogP contribution in [0, 0.1) is 0 Å². The highest BCUT2D eigenvalue weighted by Gasteiger charge is 2.24. The van der Waals surface area contributed by atoms with E-state index < -0.39 is 0 Å². The first kappa shape index (κ1) is 12.3. The molecule has 2 unspecified atom stereocenters. The lowest BCUT2D eigenvalue weighted by atomic mass is 10.1. The van der Waals surface area contributed by atoms with E-state index >= 15 is 0 Å². The molecule has 1 saturated carbocycles. The van der Waals surface area contributed by atoms with Gasteiger partial charge >= 0.3 is 0 Å². The fourth-order valence-corrected chi connectivity index (χ4v) is 2.40. The predicted molar refractivity (Wildman–Crippen MR) is 66.7 cm³/mol. The highest BCUT2D eigenvalue weighted by Crippen LogP contribution is 2.19. The largest absolute Gasteiger partial charge is 0.380 e. The van der Waals surface area contributed by atoms with Crippen molar-refractivity contribution < 1.29 is 4.74 Å². The van der Waals surface area contributed by atoms with Crippen LogP contribution >= 0.6 is 0 Å². The second-order valence-electron chi connectivity index (χ2n) is 5.40. The van der Waals surface area contributed by atoms with E-state index in [0.29, 0.717) is 12.1 Å². The van der Waals surface area contributed by atoms with Crippen LogP contribution in [-0.4, -0.2) is 49.8 Å². The molecule has 2 fully saturated rings. The minimum atomic E-state index is 0.659. The van der Waals surface area contributed by atoms with Gasteiger partial charge in [-0.1, -0.05) is 0 Å². The summed E-state index contributed by atoms with van der Waals surface area (Å²) in [5.41, 5.74) is 0. The van der Waals surface area contributed by atoms with Gasteiger partial charge < -0.3 is 10.1 Å². The molecule has 1 N–H and O–H groups in total. The average molecular weight is 226 g/mol. The van der Waals surface area contributed by atoms with E-state index in [1.165, 1.54) is 38.6 Å². The maximum Gasteiger partial charge on any atom is 0.0622 e. The number of ether oxygens (including phenoxy) is 1. The van der Waals surface area contributed by atoms with Crippen LogP contribution in [0.4, 0.5) is 0 Å². The molecule has 0 radical (unpaired) electrons. The standard InChI is InChI=1S/C13H26N2O/c1-11(4-3-8-14-12-5-6-12)15(2)13-7-9-16-10-13/h11-14H,3-10H2,1-2H3. The minimum Gasteiger partial charge on any atom is -0.380 e. The van der Waals surface area contributed by atoms with Gasteiger partial charge in [-0.25, -0.2) is 0 Å². The third-order valence-corrected chi connectivity index (χ3v) is 3.99. The molecule has 1 saturated heterocycles. The van der Waals surface area contributed by atoms with Crippen molar-refractivity contribution in [3.63, 3.8) is 0 Å². The number of nitrogens with zero attached hydrogens (tertiary/aromatic N) is 1. The molecule has 0 aromatic carbocycles. The molecule has 0 amide bonds. The maximum absolute atomic E-state index is 5.44. The van der Waals surface area contributed by atoms with Crippen molar-refractivity contribution >= 4 is 0 Å². The Kier molecular flexibility index (Phi) is 4.62. The quantitative estimate of drug-likeness (QED) is 0.668. The summed E-state index contributed by atoms with van der Waals surface area (Å²) >= 11 is 0. The number of rotatable bonds is 7. The van der Waals surface area contributed by atoms with E-state index in [4.69, 9.17) is 4.74 Å². The first-order valence-corrected chi connectivity index (χ1v) is 6.80. The fraction of sp³-hybridized carbons (Fsp3) is 1.00. The molecule has 0 bridgehead atoms. The Labute approximate surface area is 99.5 Å². The summed E-state index contributed by atoms with van der Waals surface area (Å²) in [4.78, 5) is 2.50. The molecule has 16 heavy (non-hydrogen) atoms. The smallest absolute Gasteiger partial charge is 0.0622 e. The Bertz CT molecular complexity index is 200. The van der Waals surface area contributed by atoms with Crippen LogP contribution in [0.3, 0.4) is 0 Å². The molecule has 1 aliphatic carbocycles. The summed E-state index contributed by atoms with van der Waals surface area (Å²) in [6.07, 6.45) is 6.60. The van der Waals surface area contributed by atoms with Crippen LogP contribution in [-0.2, 0) is 4.74 Å².